The SMILES string of the molecule is CC1(C)CC(NC(=O)C2CCc3nccn3C2)C(C)(C)O1. The van der Waals surface area contributed by atoms with Crippen molar-refractivity contribution in [2.45, 2.75) is 70.7 Å². The van der Waals surface area contributed by atoms with Gasteiger partial charge in [-0.15, -0.1) is 0 Å². The lowest BCUT2D eigenvalue weighted by Gasteiger charge is -2.30. The Morgan fingerprint density at radius 1 is 1.43 bits per heavy atom. The molecule has 3 heterocycles. The average molecular weight is 291 g/mol. The number of carbonyl (C=O) groups excluding carboxylic acids is 1. The lowest BCUT2D eigenvalue weighted by atomic mass is 9.92. The van der Waals surface area contributed by atoms with E-state index in [1.54, 1.807) is 0 Å². The smallest absolute Gasteiger partial charge is 0.225 e. The Balaban J connectivity index is 1.65. The number of fused-ring (bicyclic) bond motifs is 1. The topological polar surface area (TPSA) is 56.2 Å². The molecule has 0 aliphatic carbocycles. The number of aryl methyl sites for hydroxylation is 1. The van der Waals surface area contributed by atoms with E-state index in [9.17, 15) is 4.79 Å². The van der Waals surface area contributed by atoms with Gasteiger partial charge in [-0.1, -0.05) is 0 Å². The predicted molar refractivity (Wildman–Crippen MR) is 79.8 cm³/mol. The molecule has 3 rings (SSSR count). The van der Waals surface area contributed by atoms with Gasteiger partial charge in [-0.25, -0.2) is 4.98 Å². The van der Waals surface area contributed by atoms with E-state index in [4.69, 9.17) is 4.74 Å². The predicted octanol–water partition coefficient (Wildman–Crippen LogP) is 1.91. The quantitative estimate of drug-likeness (QED) is 0.905. The van der Waals surface area contributed by atoms with Crippen LogP contribution in [0.5, 0.6) is 0 Å². The van der Waals surface area contributed by atoms with Gasteiger partial charge in [-0.3, -0.25) is 4.79 Å². The lowest BCUT2D eigenvalue weighted by molar-refractivity contribution is -0.128. The Morgan fingerprint density at radius 3 is 2.86 bits per heavy atom. The largest absolute Gasteiger partial charge is 0.367 e. The molecule has 5 nitrogen and oxygen atoms in total. The van der Waals surface area contributed by atoms with E-state index in [0.29, 0.717) is 0 Å². The molecule has 2 unspecified atom stereocenters. The van der Waals surface area contributed by atoms with Crippen molar-refractivity contribution in [3.8, 4) is 0 Å². The van der Waals surface area contributed by atoms with Crippen molar-refractivity contribution >= 4 is 5.91 Å². The molecule has 0 bridgehead atoms. The first kappa shape index (κ1) is 14.6. The molecular formula is C16H25N3O2. The zero-order chi connectivity index (χ0) is 15.3. The molecule has 1 aromatic heterocycles. The molecule has 1 fully saturated rings. The van der Waals surface area contributed by atoms with Crippen LogP contribution in [-0.2, 0) is 22.5 Å². The van der Waals surface area contributed by atoms with Crippen LogP contribution in [0.3, 0.4) is 0 Å². The first-order valence-electron chi connectivity index (χ1n) is 7.77. The van der Waals surface area contributed by atoms with E-state index in [1.807, 2.05) is 12.4 Å². The van der Waals surface area contributed by atoms with Crippen LogP contribution in [0.2, 0.25) is 0 Å². The Morgan fingerprint density at radius 2 is 2.19 bits per heavy atom. The lowest BCUT2D eigenvalue weighted by Crippen LogP contribution is -2.49. The highest BCUT2D eigenvalue weighted by Gasteiger charge is 2.47. The summed E-state index contributed by atoms with van der Waals surface area (Å²) in [6, 6.07) is 0.0733. The summed E-state index contributed by atoms with van der Waals surface area (Å²) in [4.78, 5) is 16.9. The van der Waals surface area contributed by atoms with Crippen LogP contribution < -0.4 is 5.32 Å². The van der Waals surface area contributed by atoms with Crippen molar-refractivity contribution in [1.82, 2.24) is 14.9 Å². The highest BCUT2D eigenvalue weighted by Crippen LogP contribution is 2.37. The molecule has 1 saturated heterocycles. The molecular weight excluding hydrogens is 266 g/mol. The summed E-state index contributed by atoms with van der Waals surface area (Å²) in [5.41, 5.74) is -0.487. The monoisotopic (exact) mass is 291 g/mol. The van der Waals surface area contributed by atoms with E-state index in [2.05, 4.69) is 42.6 Å². The molecule has 0 saturated carbocycles. The van der Waals surface area contributed by atoms with Gasteiger partial charge >= 0.3 is 0 Å². The minimum atomic E-state index is -0.312. The minimum absolute atomic E-state index is 0.0335. The van der Waals surface area contributed by atoms with Gasteiger partial charge in [0, 0.05) is 25.4 Å². The van der Waals surface area contributed by atoms with Crippen molar-refractivity contribution < 1.29 is 9.53 Å². The second kappa shape index (κ2) is 4.83. The van der Waals surface area contributed by atoms with Crippen molar-refractivity contribution in [1.29, 1.82) is 0 Å². The van der Waals surface area contributed by atoms with Crippen molar-refractivity contribution in [2.75, 3.05) is 0 Å². The van der Waals surface area contributed by atoms with E-state index in [1.165, 1.54) is 0 Å². The molecule has 116 valence electrons. The Labute approximate surface area is 126 Å². The molecule has 0 radical (unpaired) electrons. The normalized spacial score (nSPS) is 29.9. The number of imidazole rings is 1. The van der Waals surface area contributed by atoms with E-state index in [0.717, 1.165) is 31.6 Å². The average Bonchev–Trinajstić information content (AvgIpc) is 2.90. The van der Waals surface area contributed by atoms with Gasteiger partial charge in [0.05, 0.1) is 23.2 Å². The van der Waals surface area contributed by atoms with Crippen LogP contribution in [-0.4, -0.2) is 32.7 Å². The summed E-state index contributed by atoms with van der Waals surface area (Å²) in [6.45, 7) is 9.01. The van der Waals surface area contributed by atoms with Crippen LogP contribution in [0.4, 0.5) is 0 Å². The van der Waals surface area contributed by atoms with Gasteiger partial charge in [-0.2, -0.15) is 0 Å². The van der Waals surface area contributed by atoms with E-state index < -0.39 is 0 Å². The number of carbonyl (C=O) groups is 1. The Hall–Kier alpha value is -1.36. The zero-order valence-corrected chi connectivity index (χ0v) is 13.3. The minimum Gasteiger partial charge on any atom is -0.367 e. The number of rotatable bonds is 2. The Bertz CT molecular complexity index is 547. The molecule has 2 aliphatic rings. The molecule has 5 heteroatoms. The highest BCUT2D eigenvalue weighted by atomic mass is 16.5. The Kier molecular flexibility index (Phi) is 3.35. The van der Waals surface area contributed by atoms with Crippen molar-refractivity contribution in [3.05, 3.63) is 18.2 Å². The maximum atomic E-state index is 12.6. The summed E-state index contributed by atoms with van der Waals surface area (Å²) >= 11 is 0. The van der Waals surface area contributed by atoms with Gasteiger partial charge in [0.25, 0.3) is 0 Å². The van der Waals surface area contributed by atoms with Gasteiger partial charge in [0.2, 0.25) is 5.91 Å². The molecule has 0 spiro atoms. The van der Waals surface area contributed by atoms with Crippen molar-refractivity contribution in [3.63, 3.8) is 0 Å². The fraction of sp³-hybridized carbons (Fsp3) is 0.750. The number of hydrogen-bond acceptors (Lipinski definition) is 3. The van der Waals surface area contributed by atoms with E-state index in [-0.39, 0.29) is 29.1 Å². The van der Waals surface area contributed by atoms with Crippen molar-refractivity contribution in [2.24, 2.45) is 5.92 Å². The van der Waals surface area contributed by atoms with Crippen LogP contribution in [0.1, 0.15) is 46.4 Å². The molecule has 1 N–H and O–H groups in total. The number of aromatic nitrogens is 2. The maximum Gasteiger partial charge on any atom is 0.225 e. The first-order valence-corrected chi connectivity index (χ1v) is 7.77. The molecule has 2 aliphatic heterocycles. The van der Waals surface area contributed by atoms with Gasteiger partial charge < -0.3 is 14.6 Å². The fourth-order valence-corrected chi connectivity index (χ4v) is 3.66. The second-order valence-corrected chi connectivity index (χ2v) is 7.46. The number of nitrogens with zero attached hydrogens (tertiary/aromatic N) is 2. The van der Waals surface area contributed by atoms with Gasteiger partial charge in [-0.05, 0) is 40.5 Å². The molecule has 21 heavy (non-hydrogen) atoms. The summed E-state index contributed by atoms with van der Waals surface area (Å²) in [6.07, 6.45) is 6.38. The van der Waals surface area contributed by atoms with Crippen LogP contribution in [0, 0.1) is 5.92 Å². The highest BCUT2D eigenvalue weighted by molar-refractivity contribution is 5.79. The van der Waals surface area contributed by atoms with Gasteiger partial charge in [0.15, 0.2) is 0 Å². The third-order valence-corrected chi connectivity index (χ3v) is 4.70. The van der Waals surface area contributed by atoms with E-state index >= 15 is 0 Å². The maximum absolute atomic E-state index is 12.6. The summed E-state index contributed by atoms with van der Waals surface area (Å²) in [5.74, 6) is 1.27. The van der Waals surface area contributed by atoms with Crippen LogP contribution >= 0.6 is 0 Å². The number of nitrogens with one attached hydrogen (secondary N) is 1. The van der Waals surface area contributed by atoms with Crippen LogP contribution in [0.15, 0.2) is 12.4 Å². The fourth-order valence-electron chi connectivity index (χ4n) is 3.66. The first-order chi connectivity index (χ1) is 9.77. The number of amides is 1. The number of hydrogen-bond donors (Lipinski definition) is 1. The number of ether oxygens (including phenoxy) is 1. The van der Waals surface area contributed by atoms with Gasteiger partial charge in [0.1, 0.15) is 5.82 Å². The third kappa shape index (κ3) is 2.84. The molecule has 1 amide bonds. The zero-order valence-electron chi connectivity index (χ0n) is 13.3. The molecule has 0 aromatic carbocycles. The summed E-state index contributed by atoms with van der Waals surface area (Å²) in [5, 5.41) is 3.22. The third-order valence-electron chi connectivity index (χ3n) is 4.70. The summed E-state index contributed by atoms with van der Waals surface area (Å²) in [7, 11) is 0. The standard InChI is InChI=1S/C16H25N3O2/c1-15(2)9-12(16(3,4)21-15)18-14(20)11-5-6-13-17-7-8-19(13)10-11/h7-8,11-12H,5-6,9-10H2,1-4H3,(H,18,20). The molecule has 2 atom stereocenters. The van der Waals surface area contributed by atoms with Crippen LogP contribution in [0.25, 0.3) is 0 Å². The summed E-state index contributed by atoms with van der Waals surface area (Å²) < 4.78 is 8.14. The molecule has 1 aromatic rings. The second-order valence-electron chi connectivity index (χ2n) is 7.46.